The van der Waals surface area contributed by atoms with E-state index in [0.29, 0.717) is 17.3 Å². The molecule has 3 rings (SSSR count). The molecule has 3 aromatic rings. The summed E-state index contributed by atoms with van der Waals surface area (Å²) < 4.78 is 11.1. The van der Waals surface area contributed by atoms with Crippen molar-refractivity contribution in [2.24, 2.45) is 0 Å². The van der Waals surface area contributed by atoms with Gasteiger partial charge < -0.3 is 14.8 Å². The second-order valence-electron chi connectivity index (χ2n) is 5.55. The van der Waals surface area contributed by atoms with Gasteiger partial charge in [0, 0.05) is 12.2 Å². The lowest BCUT2D eigenvalue weighted by atomic mass is 10.2. The number of nitrogens with one attached hydrogen (secondary N) is 1. The molecule has 0 heterocycles. The van der Waals surface area contributed by atoms with Crippen LogP contribution in [0.4, 0.5) is 5.69 Å². The minimum Gasteiger partial charge on any atom is -0.479 e. The summed E-state index contributed by atoms with van der Waals surface area (Å²) in [4.78, 5) is 0. The molecule has 0 amide bonds. The molecule has 0 unspecified atom stereocenters. The number of benzene rings is 3. The van der Waals surface area contributed by atoms with E-state index in [1.54, 1.807) is 0 Å². The molecule has 0 saturated heterocycles. The molecule has 3 aromatic carbocycles. The largest absolute Gasteiger partial charge is 0.479 e. The van der Waals surface area contributed by atoms with Crippen molar-refractivity contribution in [3.63, 3.8) is 0 Å². The normalized spacial score (nSPS) is 10.0. The van der Waals surface area contributed by atoms with E-state index < -0.39 is 0 Å². The third-order valence-corrected chi connectivity index (χ3v) is 3.93. The Labute approximate surface area is 158 Å². The van der Waals surface area contributed by atoms with Crippen LogP contribution in [0.25, 0.3) is 0 Å². The summed E-state index contributed by atoms with van der Waals surface area (Å²) in [7, 11) is 0. The Kier molecular flexibility index (Phi) is 6.03. The summed E-state index contributed by atoms with van der Waals surface area (Å²) in [5.41, 5.74) is 2.04. The van der Waals surface area contributed by atoms with Crippen molar-refractivity contribution in [1.82, 2.24) is 0 Å². The third kappa shape index (κ3) is 4.95. The first-order chi connectivity index (χ1) is 12.7. The fraction of sp³-hybridized carbons (Fsp3) is 0.0909. The fourth-order valence-corrected chi connectivity index (χ4v) is 2.62. The van der Waals surface area contributed by atoms with E-state index in [1.165, 1.54) is 0 Å². The van der Waals surface area contributed by atoms with Crippen LogP contribution in [0.15, 0.2) is 72.8 Å². The van der Waals surface area contributed by atoms with Gasteiger partial charge in [-0.3, -0.25) is 0 Å². The Bertz CT molecular complexity index is 886. The predicted molar refractivity (Wildman–Crippen MR) is 106 cm³/mol. The first kappa shape index (κ1) is 17.7. The second kappa shape index (κ2) is 8.84. The van der Waals surface area contributed by atoms with Crippen LogP contribution >= 0.6 is 11.6 Å². The summed E-state index contributed by atoms with van der Waals surface area (Å²) in [6, 6.07) is 23.2. The molecule has 3 nitrogen and oxygen atoms in total. The topological polar surface area (TPSA) is 30.5 Å². The molecule has 130 valence electrons. The van der Waals surface area contributed by atoms with Crippen molar-refractivity contribution in [3.8, 4) is 29.6 Å². The minimum absolute atomic E-state index is 0.203. The molecule has 0 fully saturated rings. The third-order valence-electron chi connectivity index (χ3n) is 3.64. The number of terminal acetylenes is 1. The van der Waals surface area contributed by atoms with E-state index in [1.807, 2.05) is 72.8 Å². The molecule has 0 aliphatic heterocycles. The van der Waals surface area contributed by atoms with Gasteiger partial charge in [0.05, 0.1) is 5.02 Å². The number of para-hydroxylation sites is 1. The van der Waals surface area contributed by atoms with Gasteiger partial charge in [-0.05, 0) is 54.1 Å². The number of halogens is 1. The van der Waals surface area contributed by atoms with Gasteiger partial charge in [0.1, 0.15) is 23.9 Å². The zero-order chi connectivity index (χ0) is 18.2. The average Bonchev–Trinajstić information content (AvgIpc) is 2.67. The lowest BCUT2D eigenvalue weighted by molar-refractivity contribution is 0.370. The van der Waals surface area contributed by atoms with Gasteiger partial charge in [-0.2, -0.15) is 0 Å². The molecule has 26 heavy (non-hydrogen) atoms. The Morgan fingerprint density at radius 1 is 0.923 bits per heavy atom. The van der Waals surface area contributed by atoms with E-state index in [2.05, 4.69) is 11.2 Å². The maximum absolute atomic E-state index is 6.21. The quantitative estimate of drug-likeness (QED) is 0.541. The van der Waals surface area contributed by atoms with Crippen LogP contribution in [-0.4, -0.2) is 6.61 Å². The first-order valence-electron chi connectivity index (χ1n) is 8.16. The SMILES string of the molecule is C#CCOc1ccc(CNc2ccc(Oc3ccccc3)cc2)cc1Cl. The number of hydrogen-bond acceptors (Lipinski definition) is 3. The van der Waals surface area contributed by atoms with E-state index in [4.69, 9.17) is 27.5 Å². The Balaban J connectivity index is 1.56. The van der Waals surface area contributed by atoms with E-state index in [9.17, 15) is 0 Å². The van der Waals surface area contributed by atoms with Gasteiger partial charge in [-0.15, -0.1) is 6.42 Å². The van der Waals surface area contributed by atoms with Gasteiger partial charge in [0.15, 0.2) is 0 Å². The van der Waals surface area contributed by atoms with Crippen LogP contribution in [0, 0.1) is 12.3 Å². The monoisotopic (exact) mass is 363 g/mol. The lowest BCUT2D eigenvalue weighted by Crippen LogP contribution is -2.00. The molecular weight excluding hydrogens is 346 g/mol. The highest BCUT2D eigenvalue weighted by molar-refractivity contribution is 6.32. The van der Waals surface area contributed by atoms with Crippen LogP contribution in [0.2, 0.25) is 5.02 Å². The second-order valence-corrected chi connectivity index (χ2v) is 5.96. The zero-order valence-electron chi connectivity index (χ0n) is 14.1. The molecule has 0 aliphatic rings. The van der Waals surface area contributed by atoms with Crippen LogP contribution in [0.5, 0.6) is 17.2 Å². The standard InChI is InChI=1S/C22H18ClNO2/c1-2-14-25-22-13-8-17(15-21(22)23)16-24-18-9-11-20(12-10-18)26-19-6-4-3-5-7-19/h1,3-13,15,24H,14,16H2. The summed E-state index contributed by atoms with van der Waals surface area (Å²) in [6.07, 6.45) is 5.19. The number of hydrogen-bond donors (Lipinski definition) is 1. The highest BCUT2D eigenvalue weighted by Crippen LogP contribution is 2.26. The first-order valence-corrected chi connectivity index (χ1v) is 8.54. The van der Waals surface area contributed by atoms with Crippen molar-refractivity contribution >= 4 is 17.3 Å². The van der Waals surface area contributed by atoms with Crippen molar-refractivity contribution in [1.29, 1.82) is 0 Å². The van der Waals surface area contributed by atoms with Crippen LogP contribution < -0.4 is 14.8 Å². The number of rotatable bonds is 7. The van der Waals surface area contributed by atoms with Crippen molar-refractivity contribution < 1.29 is 9.47 Å². The average molecular weight is 364 g/mol. The van der Waals surface area contributed by atoms with Crippen LogP contribution in [-0.2, 0) is 6.54 Å². The molecular formula is C22H18ClNO2. The Morgan fingerprint density at radius 2 is 1.65 bits per heavy atom. The number of anilines is 1. The van der Waals surface area contributed by atoms with Gasteiger partial charge in [-0.1, -0.05) is 41.8 Å². The van der Waals surface area contributed by atoms with E-state index in [0.717, 1.165) is 22.7 Å². The van der Waals surface area contributed by atoms with Crippen molar-refractivity contribution in [2.45, 2.75) is 6.54 Å². The maximum atomic E-state index is 6.21. The minimum atomic E-state index is 0.203. The highest BCUT2D eigenvalue weighted by atomic mass is 35.5. The molecule has 1 N–H and O–H groups in total. The van der Waals surface area contributed by atoms with E-state index in [-0.39, 0.29) is 6.61 Å². The summed E-state index contributed by atoms with van der Waals surface area (Å²) in [5.74, 6) is 4.62. The lowest BCUT2D eigenvalue weighted by Gasteiger charge is -2.10. The van der Waals surface area contributed by atoms with E-state index >= 15 is 0 Å². The molecule has 0 aromatic heterocycles. The highest BCUT2D eigenvalue weighted by Gasteiger charge is 2.03. The van der Waals surface area contributed by atoms with Crippen molar-refractivity contribution in [2.75, 3.05) is 11.9 Å². The zero-order valence-corrected chi connectivity index (χ0v) is 14.9. The number of ether oxygens (including phenoxy) is 2. The smallest absolute Gasteiger partial charge is 0.148 e. The molecule has 4 heteroatoms. The molecule has 0 radical (unpaired) electrons. The van der Waals surface area contributed by atoms with Crippen LogP contribution in [0.3, 0.4) is 0 Å². The fourth-order valence-electron chi connectivity index (χ4n) is 2.36. The predicted octanol–water partition coefficient (Wildman–Crippen LogP) is 5.76. The van der Waals surface area contributed by atoms with Gasteiger partial charge in [0.2, 0.25) is 0 Å². The Hall–Kier alpha value is -3.09. The Morgan fingerprint density at radius 3 is 2.35 bits per heavy atom. The molecule has 0 saturated carbocycles. The van der Waals surface area contributed by atoms with Gasteiger partial charge in [0.25, 0.3) is 0 Å². The summed E-state index contributed by atoms with van der Waals surface area (Å²) >= 11 is 6.21. The van der Waals surface area contributed by atoms with Gasteiger partial charge >= 0.3 is 0 Å². The summed E-state index contributed by atoms with van der Waals surface area (Å²) in [5, 5.41) is 3.90. The van der Waals surface area contributed by atoms with Gasteiger partial charge in [-0.25, -0.2) is 0 Å². The van der Waals surface area contributed by atoms with Crippen molar-refractivity contribution in [3.05, 3.63) is 83.4 Å². The molecule has 0 aliphatic carbocycles. The summed E-state index contributed by atoms with van der Waals surface area (Å²) in [6.45, 7) is 0.850. The maximum Gasteiger partial charge on any atom is 0.148 e. The van der Waals surface area contributed by atoms with Crippen LogP contribution in [0.1, 0.15) is 5.56 Å². The molecule has 0 atom stereocenters. The molecule has 0 bridgehead atoms. The molecule has 0 spiro atoms.